The predicted octanol–water partition coefficient (Wildman–Crippen LogP) is -1.43. The number of likely N-dealkylation sites (tertiary alicyclic amines) is 1. The number of guanidine groups is 1. The molecule has 0 aromatic heterocycles. The molecule has 1 aliphatic rings. The molecule has 0 aliphatic carbocycles. The second-order valence-electron chi connectivity index (χ2n) is 2.90. The van der Waals surface area contributed by atoms with E-state index in [1.54, 1.807) is 4.90 Å². The molecule has 0 bridgehead atoms. The molecule has 0 atom stereocenters. The quantitative estimate of drug-likeness (QED) is 0.341. The highest BCUT2D eigenvalue weighted by molar-refractivity contribution is 5.75. The molecule has 0 aromatic carbocycles. The number of β-amino-alcohol motifs (C(OH)–C–C–N with tert-alkyl or cyclic N) is 1. The van der Waals surface area contributed by atoms with Gasteiger partial charge in [0, 0.05) is 7.11 Å². The van der Waals surface area contributed by atoms with E-state index in [1.807, 2.05) is 0 Å². The van der Waals surface area contributed by atoms with E-state index in [0.29, 0.717) is 19.7 Å². The number of nitrogens with two attached hydrogens (primary N) is 1. The van der Waals surface area contributed by atoms with Crippen molar-refractivity contribution in [1.29, 1.82) is 5.41 Å². The molecular formula is C6H13N3O2. The number of aliphatic hydroxyl groups is 1. The lowest BCUT2D eigenvalue weighted by Crippen LogP contribution is -2.66. The normalized spacial score (nSPS) is 21.1. The summed E-state index contributed by atoms with van der Waals surface area (Å²) in [6.07, 6.45) is 0. The first kappa shape index (κ1) is 8.29. The molecule has 11 heavy (non-hydrogen) atoms. The molecule has 0 unspecified atom stereocenters. The first-order valence-corrected chi connectivity index (χ1v) is 3.38. The molecule has 0 radical (unpaired) electrons. The Bertz CT molecular complexity index is 165. The van der Waals surface area contributed by atoms with Crippen LogP contribution in [0.4, 0.5) is 0 Å². The van der Waals surface area contributed by atoms with Gasteiger partial charge in [-0.2, -0.15) is 0 Å². The van der Waals surface area contributed by atoms with Crippen LogP contribution in [0.25, 0.3) is 0 Å². The van der Waals surface area contributed by atoms with E-state index in [4.69, 9.17) is 15.9 Å². The first-order valence-electron chi connectivity index (χ1n) is 3.38. The van der Waals surface area contributed by atoms with Crippen molar-refractivity contribution in [2.45, 2.75) is 5.60 Å². The summed E-state index contributed by atoms with van der Waals surface area (Å²) in [5.41, 5.74) is 4.38. The minimum Gasteiger partial charge on any atom is -0.384 e. The van der Waals surface area contributed by atoms with E-state index in [1.165, 1.54) is 7.11 Å². The van der Waals surface area contributed by atoms with Gasteiger partial charge in [-0.15, -0.1) is 0 Å². The summed E-state index contributed by atoms with van der Waals surface area (Å²) >= 11 is 0. The van der Waals surface area contributed by atoms with Gasteiger partial charge in [0.2, 0.25) is 0 Å². The van der Waals surface area contributed by atoms with Crippen molar-refractivity contribution in [3.63, 3.8) is 0 Å². The number of nitrogens with zero attached hydrogens (tertiary/aromatic N) is 1. The van der Waals surface area contributed by atoms with Crippen molar-refractivity contribution >= 4 is 5.96 Å². The van der Waals surface area contributed by atoms with Crippen LogP contribution in [0.5, 0.6) is 0 Å². The largest absolute Gasteiger partial charge is 0.384 e. The van der Waals surface area contributed by atoms with Crippen LogP contribution in [0.1, 0.15) is 0 Å². The Balaban J connectivity index is 2.31. The number of methoxy groups -OCH3 is 1. The molecule has 1 aliphatic heterocycles. The number of hydrogen-bond donors (Lipinski definition) is 3. The van der Waals surface area contributed by atoms with E-state index >= 15 is 0 Å². The maximum absolute atomic E-state index is 9.51. The van der Waals surface area contributed by atoms with Gasteiger partial charge in [0.05, 0.1) is 19.7 Å². The molecule has 64 valence electrons. The number of nitrogens with one attached hydrogen (secondary N) is 1. The zero-order valence-corrected chi connectivity index (χ0v) is 6.50. The third kappa shape index (κ3) is 1.61. The van der Waals surface area contributed by atoms with E-state index in [2.05, 4.69) is 0 Å². The molecular weight excluding hydrogens is 146 g/mol. The summed E-state index contributed by atoms with van der Waals surface area (Å²) in [5, 5.41) is 16.5. The molecule has 1 heterocycles. The van der Waals surface area contributed by atoms with Gasteiger partial charge in [-0.05, 0) is 0 Å². The lowest BCUT2D eigenvalue weighted by atomic mass is 9.96. The van der Waals surface area contributed by atoms with Crippen molar-refractivity contribution in [2.75, 3.05) is 26.8 Å². The van der Waals surface area contributed by atoms with Crippen LogP contribution in [0.3, 0.4) is 0 Å². The Morgan fingerprint density at radius 3 is 2.73 bits per heavy atom. The van der Waals surface area contributed by atoms with Gasteiger partial charge in [0.15, 0.2) is 5.96 Å². The molecule has 5 nitrogen and oxygen atoms in total. The lowest BCUT2D eigenvalue weighted by molar-refractivity contribution is -0.109. The summed E-state index contributed by atoms with van der Waals surface area (Å²) < 4.78 is 4.79. The SMILES string of the molecule is COCC1(O)CN(C(=N)N)C1. The van der Waals surface area contributed by atoms with Gasteiger partial charge >= 0.3 is 0 Å². The van der Waals surface area contributed by atoms with Gasteiger partial charge in [-0.3, -0.25) is 5.41 Å². The van der Waals surface area contributed by atoms with Gasteiger partial charge in [-0.1, -0.05) is 0 Å². The Kier molecular flexibility index (Phi) is 2.01. The fraction of sp³-hybridized carbons (Fsp3) is 0.833. The molecule has 1 fully saturated rings. The molecule has 4 N–H and O–H groups in total. The molecule has 5 heteroatoms. The summed E-state index contributed by atoms with van der Waals surface area (Å²) in [6.45, 7) is 1.10. The first-order chi connectivity index (χ1) is 5.07. The molecule has 0 amide bonds. The van der Waals surface area contributed by atoms with Gasteiger partial charge in [-0.25, -0.2) is 0 Å². The number of rotatable bonds is 2. The fourth-order valence-corrected chi connectivity index (χ4v) is 1.19. The third-order valence-electron chi connectivity index (χ3n) is 1.72. The van der Waals surface area contributed by atoms with Crippen molar-refractivity contribution in [3.8, 4) is 0 Å². The van der Waals surface area contributed by atoms with Crippen molar-refractivity contribution in [3.05, 3.63) is 0 Å². The molecule has 1 rings (SSSR count). The summed E-state index contributed by atoms with van der Waals surface area (Å²) in [5.74, 6) is 0.00535. The van der Waals surface area contributed by atoms with Crippen molar-refractivity contribution in [2.24, 2.45) is 5.73 Å². The zero-order valence-electron chi connectivity index (χ0n) is 6.50. The Hall–Kier alpha value is -0.810. The Labute approximate surface area is 65.3 Å². The fourth-order valence-electron chi connectivity index (χ4n) is 1.19. The van der Waals surface area contributed by atoms with E-state index in [9.17, 15) is 5.11 Å². The van der Waals surface area contributed by atoms with E-state index in [0.717, 1.165) is 0 Å². The molecule has 0 aromatic rings. The van der Waals surface area contributed by atoms with Gasteiger partial charge in [0.1, 0.15) is 5.60 Å². The Morgan fingerprint density at radius 2 is 2.36 bits per heavy atom. The number of ether oxygens (including phenoxy) is 1. The minimum absolute atomic E-state index is 0.00535. The van der Waals surface area contributed by atoms with Crippen LogP contribution in [-0.4, -0.2) is 48.4 Å². The van der Waals surface area contributed by atoms with Crippen molar-refractivity contribution < 1.29 is 9.84 Å². The van der Waals surface area contributed by atoms with Crippen molar-refractivity contribution in [1.82, 2.24) is 4.90 Å². The smallest absolute Gasteiger partial charge is 0.188 e. The summed E-state index contributed by atoms with van der Waals surface area (Å²) in [4.78, 5) is 1.58. The van der Waals surface area contributed by atoms with Crippen LogP contribution in [0, 0.1) is 5.41 Å². The Morgan fingerprint density at radius 1 is 1.82 bits per heavy atom. The second-order valence-corrected chi connectivity index (χ2v) is 2.90. The highest BCUT2D eigenvalue weighted by Gasteiger charge is 2.41. The van der Waals surface area contributed by atoms with Crippen LogP contribution in [0.2, 0.25) is 0 Å². The molecule has 0 saturated carbocycles. The van der Waals surface area contributed by atoms with Gasteiger partial charge in [0.25, 0.3) is 0 Å². The third-order valence-corrected chi connectivity index (χ3v) is 1.72. The van der Waals surface area contributed by atoms with Crippen LogP contribution in [-0.2, 0) is 4.74 Å². The molecule has 1 saturated heterocycles. The second kappa shape index (κ2) is 2.67. The van der Waals surface area contributed by atoms with E-state index in [-0.39, 0.29) is 5.96 Å². The van der Waals surface area contributed by atoms with Crippen LogP contribution >= 0.6 is 0 Å². The van der Waals surface area contributed by atoms with Gasteiger partial charge < -0.3 is 20.5 Å². The summed E-state index contributed by atoms with van der Waals surface area (Å²) in [7, 11) is 1.54. The standard InChI is InChI=1S/C6H13N3O2/c1-11-4-6(10)2-9(3-6)5(7)8/h10H,2-4H2,1H3,(H3,7,8). The molecule has 0 spiro atoms. The highest BCUT2D eigenvalue weighted by Crippen LogP contribution is 2.19. The predicted molar refractivity (Wildman–Crippen MR) is 40.3 cm³/mol. The maximum atomic E-state index is 9.51. The average Bonchev–Trinajstić information content (AvgIpc) is 1.82. The van der Waals surface area contributed by atoms with E-state index < -0.39 is 5.60 Å². The monoisotopic (exact) mass is 159 g/mol. The number of hydrogen-bond acceptors (Lipinski definition) is 3. The topological polar surface area (TPSA) is 82.6 Å². The zero-order chi connectivity index (χ0) is 8.48. The lowest BCUT2D eigenvalue weighted by Gasteiger charge is -2.46. The van der Waals surface area contributed by atoms with Crippen LogP contribution in [0.15, 0.2) is 0 Å². The minimum atomic E-state index is -0.791. The average molecular weight is 159 g/mol. The highest BCUT2D eigenvalue weighted by atomic mass is 16.5. The summed E-state index contributed by atoms with van der Waals surface area (Å²) in [6, 6.07) is 0. The van der Waals surface area contributed by atoms with Crippen LogP contribution < -0.4 is 5.73 Å². The maximum Gasteiger partial charge on any atom is 0.188 e.